The molecule has 1 atom stereocenters. The van der Waals surface area contributed by atoms with Crippen LogP contribution in [0.4, 0.5) is 5.69 Å². The molecule has 18 heavy (non-hydrogen) atoms. The van der Waals surface area contributed by atoms with E-state index in [1.807, 2.05) is 25.1 Å². The molecule has 0 spiro atoms. The van der Waals surface area contributed by atoms with Gasteiger partial charge in [0.1, 0.15) is 0 Å². The zero-order valence-electron chi connectivity index (χ0n) is 10.8. The van der Waals surface area contributed by atoms with Crippen LogP contribution in [0, 0.1) is 0 Å². The molecule has 4 nitrogen and oxygen atoms in total. The Balaban J connectivity index is 2.25. The molecule has 0 aliphatic carbocycles. The average Bonchev–Trinajstić information content (AvgIpc) is 2.71. The lowest BCUT2D eigenvalue weighted by atomic mass is 10.1. The average molecular weight is 245 g/mol. The summed E-state index contributed by atoms with van der Waals surface area (Å²) in [5.74, 6) is -0.0483. The zero-order chi connectivity index (χ0) is 13.1. The topological polar surface area (TPSA) is 70.9 Å². The van der Waals surface area contributed by atoms with Crippen molar-refractivity contribution in [2.45, 2.75) is 32.7 Å². The highest BCUT2D eigenvalue weighted by atomic mass is 16.1. The largest absolute Gasteiger partial charge is 0.399 e. The second kappa shape index (κ2) is 5.12. The van der Waals surface area contributed by atoms with Crippen LogP contribution in [0.3, 0.4) is 0 Å². The van der Waals surface area contributed by atoms with E-state index in [2.05, 4.69) is 17.2 Å². The summed E-state index contributed by atoms with van der Waals surface area (Å²) < 4.78 is 0. The van der Waals surface area contributed by atoms with E-state index in [9.17, 15) is 4.79 Å². The van der Waals surface area contributed by atoms with Crippen LogP contribution in [-0.2, 0) is 0 Å². The molecule has 2 aromatic rings. The van der Waals surface area contributed by atoms with E-state index in [-0.39, 0.29) is 11.9 Å². The normalized spacial score (nSPS) is 12.6. The lowest BCUT2D eigenvalue weighted by Crippen LogP contribution is -2.32. The third kappa shape index (κ3) is 2.47. The van der Waals surface area contributed by atoms with Gasteiger partial charge in [-0.2, -0.15) is 0 Å². The summed E-state index contributed by atoms with van der Waals surface area (Å²) in [6, 6.07) is 5.72. The Morgan fingerprint density at radius 3 is 3.00 bits per heavy atom. The van der Waals surface area contributed by atoms with Crippen molar-refractivity contribution in [3.05, 3.63) is 30.0 Å². The smallest absolute Gasteiger partial charge is 0.253 e. The van der Waals surface area contributed by atoms with Crippen molar-refractivity contribution < 1.29 is 4.79 Å². The molecule has 1 amide bonds. The molecular weight excluding hydrogens is 226 g/mol. The quantitative estimate of drug-likeness (QED) is 0.725. The van der Waals surface area contributed by atoms with Crippen molar-refractivity contribution in [1.29, 1.82) is 0 Å². The Labute approximate surface area is 107 Å². The minimum absolute atomic E-state index is 0.0483. The number of aromatic nitrogens is 1. The minimum atomic E-state index is -0.0483. The number of amides is 1. The van der Waals surface area contributed by atoms with E-state index < -0.39 is 0 Å². The fourth-order valence-electron chi connectivity index (χ4n) is 2.13. The Kier molecular flexibility index (Phi) is 3.55. The summed E-state index contributed by atoms with van der Waals surface area (Å²) >= 11 is 0. The molecule has 0 radical (unpaired) electrons. The van der Waals surface area contributed by atoms with Crippen LogP contribution in [0.15, 0.2) is 24.4 Å². The van der Waals surface area contributed by atoms with Crippen molar-refractivity contribution in [2.24, 2.45) is 0 Å². The van der Waals surface area contributed by atoms with E-state index in [1.54, 1.807) is 6.20 Å². The van der Waals surface area contributed by atoms with Crippen LogP contribution < -0.4 is 11.1 Å². The van der Waals surface area contributed by atoms with Crippen LogP contribution in [0.5, 0.6) is 0 Å². The fraction of sp³-hybridized carbons (Fsp3) is 0.357. The van der Waals surface area contributed by atoms with Gasteiger partial charge in [-0.05, 0) is 31.5 Å². The van der Waals surface area contributed by atoms with Gasteiger partial charge in [0.2, 0.25) is 0 Å². The summed E-state index contributed by atoms with van der Waals surface area (Å²) in [5.41, 5.74) is 8.00. The number of carbonyl (C=O) groups excluding carboxylic acids is 1. The molecule has 0 saturated carbocycles. The molecule has 96 valence electrons. The van der Waals surface area contributed by atoms with Gasteiger partial charge in [-0.25, -0.2) is 0 Å². The predicted octanol–water partition coefficient (Wildman–Crippen LogP) is 2.67. The maximum absolute atomic E-state index is 12.1. The lowest BCUT2D eigenvalue weighted by molar-refractivity contribution is 0.0940. The minimum Gasteiger partial charge on any atom is -0.399 e. The van der Waals surface area contributed by atoms with Gasteiger partial charge < -0.3 is 16.0 Å². The number of anilines is 1. The standard InChI is InChI=1S/C14H19N3O/c1-3-4-9(2)17-14(18)12-8-16-13-6-5-10(15)7-11(12)13/h5-9,16H,3-4,15H2,1-2H3,(H,17,18). The van der Waals surface area contributed by atoms with Gasteiger partial charge in [-0.1, -0.05) is 13.3 Å². The maximum atomic E-state index is 12.1. The molecule has 0 aliphatic rings. The van der Waals surface area contributed by atoms with Crippen LogP contribution in [0.2, 0.25) is 0 Å². The maximum Gasteiger partial charge on any atom is 0.253 e. The number of rotatable bonds is 4. The van der Waals surface area contributed by atoms with Gasteiger partial charge in [0.25, 0.3) is 5.91 Å². The highest BCUT2D eigenvalue weighted by Crippen LogP contribution is 2.21. The number of nitrogens with two attached hydrogens (primary N) is 1. The molecular formula is C14H19N3O. The molecule has 0 aliphatic heterocycles. The van der Waals surface area contributed by atoms with Gasteiger partial charge >= 0.3 is 0 Å². The number of aromatic amines is 1. The third-order valence-corrected chi connectivity index (χ3v) is 3.05. The first-order valence-corrected chi connectivity index (χ1v) is 6.29. The van der Waals surface area contributed by atoms with Gasteiger partial charge in [0.05, 0.1) is 5.56 Å². The molecule has 0 saturated heterocycles. The van der Waals surface area contributed by atoms with Crippen molar-refractivity contribution >= 4 is 22.5 Å². The monoisotopic (exact) mass is 245 g/mol. The number of hydrogen-bond donors (Lipinski definition) is 3. The van der Waals surface area contributed by atoms with Crippen LogP contribution >= 0.6 is 0 Å². The summed E-state index contributed by atoms with van der Waals surface area (Å²) in [4.78, 5) is 15.2. The van der Waals surface area contributed by atoms with Gasteiger partial charge in [-0.15, -0.1) is 0 Å². The van der Waals surface area contributed by atoms with E-state index in [0.717, 1.165) is 23.7 Å². The molecule has 1 heterocycles. The number of benzene rings is 1. The van der Waals surface area contributed by atoms with E-state index in [4.69, 9.17) is 5.73 Å². The number of hydrogen-bond acceptors (Lipinski definition) is 2. The molecule has 1 unspecified atom stereocenters. The first-order chi connectivity index (χ1) is 8.61. The Morgan fingerprint density at radius 2 is 2.28 bits per heavy atom. The molecule has 1 aromatic heterocycles. The van der Waals surface area contributed by atoms with Crippen molar-refractivity contribution in [1.82, 2.24) is 10.3 Å². The summed E-state index contributed by atoms with van der Waals surface area (Å²) in [6.45, 7) is 4.12. The number of fused-ring (bicyclic) bond motifs is 1. The van der Waals surface area contributed by atoms with Crippen LogP contribution in [-0.4, -0.2) is 16.9 Å². The number of nitrogen functional groups attached to an aromatic ring is 1. The highest BCUT2D eigenvalue weighted by Gasteiger charge is 2.13. The van der Waals surface area contributed by atoms with E-state index >= 15 is 0 Å². The Morgan fingerprint density at radius 1 is 1.50 bits per heavy atom. The van der Waals surface area contributed by atoms with Crippen molar-refractivity contribution in [2.75, 3.05) is 5.73 Å². The Hall–Kier alpha value is -1.97. The molecule has 0 fully saturated rings. The second-order valence-electron chi connectivity index (χ2n) is 4.67. The first-order valence-electron chi connectivity index (χ1n) is 6.29. The number of carbonyl (C=O) groups is 1. The predicted molar refractivity (Wildman–Crippen MR) is 74.5 cm³/mol. The number of nitrogens with one attached hydrogen (secondary N) is 2. The van der Waals surface area contributed by atoms with Gasteiger partial charge in [-0.3, -0.25) is 4.79 Å². The zero-order valence-corrected chi connectivity index (χ0v) is 10.8. The van der Waals surface area contributed by atoms with E-state index in [1.165, 1.54) is 0 Å². The van der Waals surface area contributed by atoms with E-state index in [0.29, 0.717) is 11.3 Å². The molecule has 4 N–H and O–H groups in total. The highest BCUT2D eigenvalue weighted by molar-refractivity contribution is 6.07. The first kappa shape index (κ1) is 12.5. The van der Waals surface area contributed by atoms with Crippen molar-refractivity contribution in [3.8, 4) is 0 Å². The molecule has 4 heteroatoms. The SMILES string of the molecule is CCCC(C)NC(=O)c1c[nH]c2ccc(N)cc12. The molecule has 2 rings (SSSR count). The summed E-state index contributed by atoms with van der Waals surface area (Å²) in [7, 11) is 0. The lowest BCUT2D eigenvalue weighted by Gasteiger charge is -2.12. The van der Waals surface area contributed by atoms with Gasteiger partial charge in [0.15, 0.2) is 0 Å². The number of H-pyrrole nitrogens is 1. The third-order valence-electron chi connectivity index (χ3n) is 3.05. The summed E-state index contributed by atoms with van der Waals surface area (Å²) in [5, 5.41) is 3.87. The van der Waals surface area contributed by atoms with Crippen molar-refractivity contribution in [3.63, 3.8) is 0 Å². The Bertz CT molecular complexity index is 559. The fourth-order valence-corrected chi connectivity index (χ4v) is 2.13. The molecule has 1 aromatic carbocycles. The molecule has 0 bridgehead atoms. The summed E-state index contributed by atoms with van der Waals surface area (Å²) in [6.07, 6.45) is 3.77. The second-order valence-corrected chi connectivity index (χ2v) is 4.67. The van der Waals surface area contributed by atoms with Crippen LogP contribution in [0.25, 0.3) is 10.9 Å². The van der Waals surface area contributed by atoms with Crippen LogP contribution in [0.1, 0.15) is 37.0 Å². The van der Waals surface area contributed by atoms with Gasteiger partial charge in [0, 0.05) is 28.8 Å².